The van der Waals surface area contributed by atoms with Crippen LogP contribution in [0.25, 0.3) is 0 Å². The Bertz CT molecular complexity index is 414. The minimum absolute atomic E-state index is 0.167. The van der Waals surface area contributed by atoms with Crippen molar-refractivity contribution < 1.29 is 19.0 Å². The zero-order valence-electron chi connectivity index (χ0n) is 11.1. The normalized spacial score (nSPS) is 18.7. The molecule has 1 fully saturated rings. The Hall–Kier alpha value is -1.20. The number of carbonyl (C=O) groups is 1. The topological polar surface area (TPSA) is 44.8 Å². The number of hydrogen-bond donors (Lipinski definition) is 0. The van der Waals surface area contributed by atoms with Crippen molar-refractivity contribution in [2.45, 2.75) is 17.8 Å². The molecule has 1 heterocycles. The molecule has 0 unspecified atom stereocenters. The molecule has 0 aliphatic carbocycles. The van der Waals surface area contributed by atoms with Gasteiger partial charge in [-0.2, -0.15) is 11.8 Å². The van der Waals surface area contributed by atoms with E-state index in [2.05, 4.69) is 0 Å². The van der Waals surface area contributed by atoms with Crippen LogP contribution in [-0.2, 0) is 9.47 Å². The summed E-state index contributed by atoms with van der Waals surface area (Å²) >= 11 is 1.89. The van der Waals surface area contributed by atoms with E-state index in [9.17, 15) is 4.79 Å². The van der Waals surface area contributed by atoms with Crippen molar-refractivity contribution in [1.82, 2.24) is 0 Å². The van der Waals surface area contributed by atoms with Crippen molar-refractivity contribution in [3.63, 3.8) is 0 Å². The second-order valence-electron chi connectivity index (χ2n) is 4.40. The van der Waals surface area contributed by atoms with Crippen molar-refractivity contribution in [3.8, 4) is 5.75 Å². The average Bonchev–Trinajstić information content (AvgIpc) is 3.23. The fourth-order valence-corrected chi connectivity index (χ4v) is 2.40. The predicted molar refractivity (Wildman–Crippen MR) is 74.9 cm³/mol. The first kappa shape index (κ1) is 14.2. The van der Waals surface area contributed by atoms with Gasteiger partial charge in [-0.05, 0) is 30.7 Å². The summed E-state index contributed by atoms with van der Waals surface area (Å²) in [5.74, 6) is 1.56. The van der Waals surface area contributed by atoms with Crippen LogP contribution in [0, 0.1) is 0 Å². The maximum absolute atomic E-state index is 12.0. The van der Waals surface area contributed by atoms with E-state index in [1.54, 1.807) is 38.5 Å². The third kappa shape index (κ3) is 4.44. The molecule has 19 heavy (non-hydrogen) atoms. The van der Waals surface area contributed by atoms with Gasteiger partial charge in [0.15, 0.2) is 0 Å². The molecule has 0 aromatic heterocycles. The molecule has 1 aliphatic rings. The Morgan fingerprint density at radius 3 is 2.58 bits per heavy atom. The Morgan fingerprint density at radius 2 is 2.05 bits per heavy atom. The molecule has 1 aromatic rings. The molecular formula is C14H18O4S. The number of benzene rings is 1. The lowest BCUT2D eigenvalue weighted by molar-refractivity contribution is 0.00402. The summed E-state index contributed by atoms with van der Waals surface area (Å²) in [6.45, 7) is 0.443. The van der Waals surface area contributed by atoms with Crippen molar-refractivity contribution in [2.75, 3.05) is 26.6 Å². The Balaban J connectivity index is 1.92. The number of hydrogen-bond acceptors (Lipinski definition) is 5. The molecule has 4 nitrogen and oxygen atoms in total. The van der Waals surface area contributed by atoms with Crippen LogP contribution < -0.4 is 4.74 Å². The molecule has 0 radical (unpaired) electrons. The molecule has 0 spiro atoms. The van der Waals surface area contributed by atoms with Crippen molar-refractivity contribution in [2.24, 2.45) is 0 Å². The van der Waals surface area contributed by atoms with E-state index < -0.39 is 0 Å². The van der Waals surface area contributed by atoms with E-state index in [1.165, 1.54) is 0 Å². The maximum atomic E-state index is 12.0. The van der Waals surface area contributed by atoms with E-state index in [0.29, 0.717) is 17.4 Å². The van der Waals surface area contributed by atoms with Crippen LogP contribution in [0.4, 0.5) is 0 Å². The molecule has 104 valence electrons. The van der Waals surface area contributed by atoms with Crippen LogP contribution in [-0.4, -0.2) is 43.9 Å². The SMILES string of the molecule is COC[C@@H](C[C@@H]1CS1)OC(=O)c1ccc(OC)cc1. The average molecular weight is 282 g/mol. The number of thioether (sulfide) groups is 1. The van der Waals surface area contributed by atoms with Crippen LogP contribution in [0.15, 0.2) is 24.3 Å². The fraction of sp³-hybridized carbons (Fsp3) is 0.500. The first-order valence-corrected chi connectivity index (χ1v) is 7.23. The highest BCUT2D eigenvalue weighted by atomic mass is 32.2. The van der Waals surface area contributed by atoms with Crippen molar-refractivity contribution in [1.29, 1.82) is 0 Å². The molecular weight excluding hydrogens is 264 g/mol. The number of carbonyl (C=O) groups excluding carboxylic acids is 1. The monoisotopic (exact) mass is 282 g/mol. The lowest BCUT2D eigenvalue weighted by Crippen LogP contribution is -2.24. The van der Waals surface area contributed by atoms with Crippen LogP contribution in [0.1, 0.15) is 16.8 Å². The zero-order chi connectivity index (χ0) is 13.7. The van der Waals surface area contributed by atoms with Gasteiger partial charge in [-0.25, -0.2) is 4.79 Å². The lowest BCUT2D eigenvalue weighted by atomic mass is 10.2. The minimum Gasteiger partial charge on any atom is -0.497 e. The smallest absolute Gasteiger partial charge is 0.338 e. The van der Waals surface area contributed by atoms with Gasteiger partial charge in [-0.1, -0.05) is 0 Å². The minimum atomic E-state index is -0.310. The summed E-state index contributed by atoms with van der Waals surface area (Å²) in [6.07, 6.45) is 0.694. The third-order valence-electron chi connectivity index (χ3n) is 2.88. The highest BCUT2D eigenvalue weighted by Gasteiger charge is 2.28. The van der Waals surface area contributed by atoms with Crippen LogP contribution in [0.2, 0.25) is 0 Å². The Labute approximate surface area is 117 Å². The molecule has 1 aromatic carbocycles. The van der Waals surface area contributed by atoms with Gasteiger partial charge in [0.1, 0.15) is 11.9 Å². The van der Waals surface area contributed by atoms with E-state index in [-0.39, 0.29) is 12.1 Å². The molecule has 2 atom stereocenters. The van der Waals surface area contributed by atoms with Crippen molar-refractivity contribution in [3.05, 3.63) is 29.8 Å². The van der Waals surface area contributed by atoms with Crippen molar-refractivity contribution >= 4 is 17.7 Å². The van der Waals surface area contributed by atoms with Gasteiger partial charge < -0.3 is 14.2 Å². The molecule has 1 aliphatic heterocycles. The second-order valence-corrected chi connectivity index (χ2v) is 5.74. The molecule has 5 heteroatoms. The van der Waals surface area contributed by atoms with E-state index in [1.807, 2.05) is 11.8 Å². The second kappa shape index (κ2) is 6.82. The van der Waals surface area contributed by atoms with Gasteiger partial charge in [0.25, 0.3) is 0 Å². The van der Waals surface area contributed by atoms with Crippen LogP contribution >= 0.6 is 11.8 Å². The third-order valence-corrected chi connectivity index (χ3v) is 3.88. The first-order chi connectivity index (χ1) is 9.22. The quantitative estimate of drug-likeness (QED) is 0.567. The van der Waals surface area contributed by atoms with Crippen LogP contribution in [0.5, 0.6) is 5.75 Å². The Morgan fingerprint density at radius 1 is 1.37 bits per heavy atom. The van der Waals surface area contributed by atoms with E-state index in [0.717, 1.165) is 17.9 Å². The maximum Gasteiger partial charge on any atom is 0.338 e. The number of ether oxygens (including phenoxy) is 3. The van der Waals surface area contributed by atoms with Gasteiger partial charge >= 0.3 is 5.97 Å². The number of rotatable bonds is 7. The molecule has 0 bridgehead atoms. The van der Waals surface area contributed by atoms with E-state index in [4.69, 9.17) is 14.2 Å². The standard InChI is InChI=1S/C14H18O4S/c1-16-8-12(7-13-9-19-13)18-14(15)10-3-5-11(17-2)6-4-10/h3-6,12-13H,7-9H2,1-2H3/t12-,13-/m1/s1. The summed E-state index contributed by atoms with van der Waals surface area (Å²) in [7, 11) is 3.21. The highest BCUT2D eigenvalue weighted by molar-refractivity contribution is 8.06. The van der Waals surface area contributed by atoms with Gasteiger partial charge in [-0.3, -0.25) is 0 Å². The molecule has 0 saturated carbocycles. The summed E-state index contributed by atoms with van der Waals surface area (Å²) in [5, 5.41) is 0.615. The molecule has 1 saturated heterocycles. The van der Waals surface area contributed by atoms with E-state index >= 15 is 0 Å². The fourth-order valence-electron chi connectivity index (χ4n) is 1.78. The molecule has 2 rings (SSSR count). The number of esters is 1. The largest absolute Gasteiger partial charge is 0.497 e. The molecule has 0 amide bonds. The zero-order valence-corrected chi connectivity index (χ0v) is 11.9. The summed E-state index contributed by atoms with van der Waals surface area (Å²) in [4.78, 5) is 12.0. The highest BCUT2D eigenvalue weighted by Crippen LogP contribution is 2.34. The van der Waals surface area contributed by atoms with Crippen LogP contribution in [0.3, 0.4) is 0 Å². The summed E-state index contributed by atoms with van der Waals surface area (Å²) in [6, 6.07) is 6.91. The van der Waals surface area contributed by atoms with Gasteiger partial charge in [0.05, 0.1) is 19.3 Å². The van der Waals surface area contributed by atoms with Gasteiger partial charge in [-0.15, -0.1) is 0 Å². The first-order valence-electron chi connectivity index (χ1n) is 6.18. The van der Waals surface area contributed by atoms with Gasteiger partial charge in [0.2, 0.25) is 0 Å². The summed E-state index contributed by atoms with van der Waals surface area (Å²) < 4.78 is 15.6. The van der Waals surface area contributed by atoms with Gasteiger partial charge in [0, 0.05) is 18.1 Å². The lowest BCUT2D eigenvalue weighted by Gasteiger charge is -2.16. The predicted octanol–water partition coefficient (Wildman–Crippen LogP) is 2.37. The Kier molecular flexibility index (Phi) is 5.10. The number of methoxy groups -OCH3 is 2. The molecule has 0 N–H and O–H groups in total. The summed E-state index contributed by atoms with van der Waals surface area (Å²) in [5.41, 5.74) is 0.533.